The van der Waals surface area contributed by atoms with E-state index in [0.29, 0.717) is 12.1 Å². The Labute approximate surface area is 128 Å². The standard InChI is InChI=1S/C16H29N5/c1-13(2)21-10-5-15(18-21)11-19-7-6-16(12-19)20-8-3-14(17)4-9-20/h5,10,13-14,16H,3-4,6-9,11-12,17H2,1-2H3. The Hall–Kier alpha value is -0.910. The molecule has 3 heterocycles. The van der Waals surface area contributed by atoms with Crippen molar-refractivity contribution in [3.8, 4) is 0 Å². The van der Waals surface area contributed by atoms with Gasteiger partial charge in [-0.15, -0.1) is 0 Å². The molecule has 0 radical (unpaired) electrons. The second-order valence-corrected chi connectivity index (χ2v) is 6.93. The van der Waals surface area contributed by atoms with Gasteiger partial charge in [0.05, 0.1) is 5.69 Å². The van der Waals surface area contributed by atoms with Crippen molar-refractivity contribution in [2.75, 3.05) is 26.2 Å². The van der Waals surface area contributed by atoms with Gasteiger partial charge in [0.2, 0.25) is 0 Å². The third kappa shape index (κ3) is 3.65. The van der Waals surface area contributed by atoms with Crippen LogP contribution in [0.15, 0.2) is 12.3 Å². The summed E-state index contributed by atoms with van der Waals surface area (Å²) in [6, 6.07) is 3.76. The largest absolute Gasteiger partial charge is 0.328 e. The van der Waals surface area contributed by atoms with Crippen molar-refractivity contribution in [1.29, 1.82) is 0 Å². The molecule has 0 aromatic carbocycles. The van der Waals surface area contributed by atoms with Crippen molar-refractivity contribution in [3.63, 3.8) is 0 Å². The van der Waals surface area contributed by atoms with Gasteiger partial charge in [-0.1, -0.05) is 0 Å². The predicted molar refractivity (Wildman–Crippen MR) is 85.1 cm³/mol. The quantitative estimate of drug-likeness (QED) is 0.912. The average molecular weight is 291 g/mol. The van der Waals surface area contributed by atoms with Crippen LogP contribution in [0.2, 0.25) is 0 Å². The zero-order chi connectivity index (χ0) is 14.8. The molecule has 0 spiro atoms. The highest BCUT2D eigenvalue weighted by Gasteiger charge is 2.29. The zero-order valence-corrected chi connectivity index (χ0v) is 13.4. The molecule has 2 aliphatic rings. The fourth-order valence-corrected chi connectivity index (χ4v) is 3.52. The molecule has 21 heavy (non-hydrogen) atoms. The molecule has 0 bridgehead atoms. The lowest BCUT2D eigenvalue weighted by Crippen LogP contribution is -2.46. The zero-order valence-electron chi connectivity index (χ0n) is 13.4. The Morgan fingerprint density at radius 1 is 1.24 bits per heavy atom. The lowest BCUT2D eigenvalue weighted by atomic mass is 10.0. The third-order valence-corrected chi connectivity index (χ3v) is 4.92. The molecule has 2 N–H and O–H groups in total. The summed E-state index contributed by atoms with van der Waals surface area (Å²) in [5.41, 5.74) is 7.20. The van der Waals surface area contributed by atoms with Crippen LogP contribution in [0, 0.1) is 0 Å². The van der Waals surface area contributed by atoms with E-state index in [1.54, 1.807) is 0 Å². The van der Waals surface area contributed by atoms with Gasteiger partial charge < -0.3 is 5.73 Å². The monoisotopic (exact) mass is 291 g/mol. The molecule has 5 heteroatoms. The van der Waals surface area contributed by atoms with Gasteiger partial charge >= 0.3 is 0 Å². The van der Waals surface area contributed by atoms with Crippen LogP contribution in [0.5, 0.6) is 0 Å². The van der Waals surface area contributed by atoms with Crippen LogP contribution < -0.4 is 5.73 Å². The predicted octanol–water partition coefficient (Wildman–Crippen LogP) is 1.46. The Morgan fingerprint density at radius 3 is 2.67 bits per heavy atom. The smallest absolute Gasteiger partial charge is 0.0764 e. The molecule has 3 rings (SSSR count). The lowest BCUT2D eigenvalue weighted by Gasteiger charge is -2.34. The lowest BCUT2D eigenvalue weighted by molar-refractivity contribution is 0.151. The second kappa shape index (κ2) is 6.46. The molecule has 0 saturated carbocycles. The third-order valence-electron chi connectivity index (χ3n) is 4.92. The van der Waals surface area contributed by atoms with Crippen LogP contribution in [0.1, 0.15) is 44.8 Å². The molecule has 1 atom stereocenters. The summed E-state index contributed by atoms with van der Waals surface area (Å²) in [5.74, 6) is 0. The van der Waals surface area contributed by atoms with Crippen molar-refractivity contribution in [1.82, 2.24) is 19.6 Å². The highest BCUT2D eigenvalue weighted by Crippen LogP contribution is 2.21. The molecular weight excluding hydrogens is 262 g/mol. The molecule has 2 fully saturated rings. The first kappa shape index (κ1) is 15.0. The van der Waals surface area contributed by atoms with Crippen molar-refractivity contribution in [3.05, 3.63) is 18.0 Å². The Morgan fingerprint density at radius 2 is 2.00 bits per heavy atom. The summed E-state index contributed by atoms with van der Waals surface area (Å²) in [7, 11) is 0. The van der Waals surface area contributed by atoms with Crippen LogP contribution in [-0.4, -0.2) is 57.8 Å². The van der Waals surface area contributed by atoms with Crippen LogP contribution in [0.4, 0.5) is 0 Å². The number of rotatable bonds is 4. The van der Waals surface area contributed by atoms with Gasteiger partial charge in [-0.3, -0.25) is 14.5 Å². The van der Waals surface area contributed by atoms with Crippen LogP contribution in [-0.2, 0) is 6.54 Å². The van der Waals surface area contributed by atoms with Gasteiger partial charge in [0.25, 0.3) is 0 Å². The van der Waals surface area contributed by atoms with Gasteiger partial charge in [0, 0.05) is 44.0 Å². The number of aromatic nitrogens is 2. The number of hydrogen-bond donors (Lipinski definition) is 1. The SMILES string of the molecule is CC(C)n1ccc(CN2CCC(N3CCC(N)CC3)C2)n1. The maximum Gasteiger partial charge on any atom is 0.0764 e. The van der Waals surface area contributed by atoms with Crippen LogP contribution >= 0.6 is 0 Å². The highest BCUT2D eigenvalue weighted by atomic mass is 15.3. The van der Waals surface area contributed by atoms with Gasteiger partial charge in [0.1, 0.15) is 0 Å². The highest BCUT2D eigenvalue weighted by molar-refractivity contribution is 5.01. The van der Waals surface area contributed by atoms with E-state index in [0.717, 1.165) is 25.4 Å². The Kier molecular flexibility index (Phi) is 4.62. The number of likely N-dealkylation sites (tertiary alicyclic amines) is 2. The Balaban J connectivity index is 1.50. The summed E-state index contributed by atoms with van der Waals surface area (Å²) >= 11 is 0. The van der Waals surface area contributed by atoms with Crippen LogP contribution in [0.25, 0.3) is 0 Å². The molecule has 0 amide bonds. The van der Waals surface area contributed by atoms with E-state index < -0.39 is 0 Å². The molecule has 1 aromatic rings. The van der Waals surface area contributed by atoms with Crippen molar-refractivity contribution in [2.24, 2.45) is 5.73 Å². The van der Waals surface area contributed by atoms with E-state index in [-0.39, 0.29) is 0 Å². The van der Waals surface area contributed by atoms with Crippen molar-refractivity contribution >= 4 is 0 Å². The normalized spacial score (nSPS) is 26.0. The van der Waals surface area contributed by atoms with Crippen molar-refractivity contribution in [2.45, 2.75) is 57.8 Å². The van der Waals surface area contributed by atoms with E-state index in [9.17, 15) is 0 Å². The molecular formula is C16H29N5. The number of nitrogens with two attached hydrogens (primary N) is 1. The fourth-order valence-electron chi connectivity index (χ4n) is 3.52. The minimum Gasteiger partial charge on any atom is -0.328 e. The topological polar surface area (TPSA) is 50.3 Å². The van der Waals surface area contributed by atoms with Gasteiger partial charge in [-0.05, 0) is 52.3 Å². The fraction of sp³-hybridized carbons (Fsp3) is 0.812. The Bertz CT molecular complexity index is 447. The van der Waals surface area contributed by atoms with Gasteiger partial charge in [-0.2, -0.15) is 5.10 Å². The van der Waals surface area contributed by atoms with E-state index in [1.807, 2.05) is 0 Å². The number of hydrogen-bond acceptors (Lipinski definition) is 4. The minimum atomic E-state index is 0.429. The first-order valence-electron chi connectivity index (χ1n) is 8.38. The summed E-state index contributed by atoms with van der Waals surface area (Å²) in [6.07, 6.45) is 5.71. The molecule has 2 saturated heterocycles. The molecule has 1 unspecified atom stereocenters. The maximum absolute atomic E-state index is 6.00. The second-order valence-electron chi connectivity index (χ2n) is 6.93. The number of piperidine rings is 1. The summed E-state index contributed by atoms with van der Waals surface area (Å²) in [6.45, 7) is 10.1. The first-order valence-corrected chi connectivity index (χ1v) is 8.38. The van der Waals surface area contributed by atoms with Crippen molar-refractivity contribution < 1.29 is 0 Å². The minimum absolute atomic E-state index is 0.429. The van der Waals surface area contributed by atoms with E-state index in [1.165, 1.54) is 38.3 Å². The molecule has 118 valence electrons. The summed E-state index contributed by atoms with van der Waals surface area (Å²) < 4.78 is 2.05. The molecule has 2 aliphatic heterocycles. The molecule has 5 nitrogen and oxygen atoms in total. The van der Waals surface area contributed by atoms with Crippen LogP contribution in [0.3, 0.4) is 0 Å². The summed E-state index contributed by atoms with van der Waals surface area (Å²) in [5, 5.41) is 4.67. The van der Waals surface area contributed by atoms with E-state index in [2.05, 4.69) is 45.7 Å². The average Bonchev–Trinajstić information content (AvgIpc) is 3.10. The van der Waals surface area contributed by atoms with Gasteiger partial charge in [-0.25, -0.2) is 0 Å². The number of nitrogens with zero attached hydrogens (tertiary/aromatic N) is 4. The van der Waals surface area contributed by atoms with Gasteiger partial charge in [0.15, 0.2) is 0 Å². The maximum atomic E-state index is 6.00. The first-order chi connectivity index (χ1) is 10.1. The molecule has 0 aliphatic carbocycles. The van der Waals surface area contributed by atoms with E-state index in [4.69, 9.17) is 5.73 Å². The molecule has 1 aromatic heterocycles. The summed E-state index contributed by atoms with van der Waals surface area (Å²) in [4.78, 5) is 5.20. The van der Waals surface area contributed by atoms with E-state index >= 15 is 0 Å².